The smallest absolute Gasteiger partial charge is 0.153 e. The van der Waals surface area contributed by atoms with E-state index in [4.69, 9.17) is 0 Å². The van der Waals surface area contributed by atoms with Gasteiger partial charge in [-0.3, -0.25) is 4.79 Å². The number of aldehydes is 1. The van der Waals surface area contributed by atoms with Crippen LogP contribution in [0.4, 0.5) is 4.39 Å². The number of halogens is 1. The molecular weight excluding hydrogens is 203 g/mol. The van der Waals surface area contributed by atoms with Crippen molar-refractivity contribution < 1.29 is 9.18 Å². The molecular formula is C14H11FO. The van der Waals surface area contributed by atoms with E-state index < -0.39 is 5.82 Å². The van der Waals surface area contributed by atoms with E-state index in [1.807, 2.05) is 30.3 Å². The Morgan fingerprint density at radius 3 is 2.38 bits per heavy atom. The van der Waals surface area contributed by atoms with Gasteiger partial charge in [-0.1, -0.05) is 30.3 Å². The molecule has 2 aromatic rings. The molecule has 16 heavy (non-hydrogen) atoms. The van der Waals surface area contributed by atoms with Crippen LogP contribution in [0.2, 0.25) is 0 Å². The van der Waals surface area contributed by atoms with Crippen LogP contribution in [0.5, 0.6) is 0 Å². The first kappa shape index (κ1) is 10.6. The van der Waals surface area contributed by atoms with E-state index in [0.29, 0.717) is 11.8 Å². The Labute approximate surface area is 93.5 Å². The third-order valence-electron chi connectivity index (χ3n) is 2.52. The molecule has 0 saturated carbocycles. The lowest BCUT2D eigenvalue weighted by Crippen LogP contribution is -1.93. The van der Waals surface area contributed by atoms with Gasteiger partial charge in [0.1, 0.15) is 5.82 Å². The lowest BCUT2D eigenvalue weighted by atomic mass is 10.0. The predicted molar refractivity (Wildman–Crippen MR) is 62.0 cm³/mol. The van der Waals surface area contributed by atoms with Crippen molar-refractivity contribution in [2.75, 3.05) is 0 Å². The van der Waals surface area contributed by atoms with E-state index in [-0.39, 0.29) is 5.56 Å². The molecule has 1 nitrogen and oxygen atoms in total. The van der Waals surface area contributed by atoms with E-state index in [9.17, 15) is 9.18 Å². The highest BCUT2D eigenvalue weighted by Gasteiger charge is 2.07. The van der Waals surface area contributed by atoms with Crippen molar-refractivity contribution in [3.63, 3.8) is 0 Å². The molecule has 0 radical (unpaired) electrons. The molecule has 80 valence electrons. The van der Waals surface area contributed by atoms with E-state index in [1.54, 1.807) is 19.1 Å². The summed E-state index contributed by atoms with van der Waals surface area (Å²) in [6, 6.07) is 12.9. The molecule has 2 heteroatoms. The molecule has 0 aliphatic rings. The summed E-state index contributed by atoms with van der Waals surface area (Å²) < 4.78 is 13.5. The van der Waals surface area contributed by atoms with Crippen LogP contribution < -0.4 is 0 Å². The lowest BCUT2D eigenvalue weighted by Gasteiger charge is -2.06. The van der Waals surface area contributed by atoms with Crippen molar-refractivity contribution >= 4 is 6.29 Å². The summed E-state index contributed by atoms with van der Waals surface area (Å²) in [5.41, 5.74) is 2.44. The minimum Gasteiger partial charge on any atom is -0.298 e. The summed E-state index contributed by atoms with van der Waals surface area (Å²) in [5, 5.41) is 0. The Bertz CT molecular complexity index is 518. The second kappa shape index (κ2) is 4.27. The van der Waals surface area contributed by atoms with Crippen molar-refractivity contribution in [3.05, 3.63) is 59.4 Å². The number of hydrogen-bond donors (Lipinski definition) is 0. The molecule has 0 N–H and O–H groups in total. The van der Waals surface area contributed by atoms with E-state index in [1.165, 1.54) is 0 Å². The van der Waals surface area contributed by atoms with E-state index in [2.05, 4.69) is 0 Å². The van der Waals surface area contributed by atoms with Crippen molar-refractivity contribution in [2.24, 2.45) is 0 Å². The highest BCUT2D eigenvalue weighted by Crippen LogP contribution is 2.23. The summed E-state index contributed by atoms with van der Waals surface area (Å²) in [4.78, 5) is 10.7. The second-order valence-electron chi connectivity index (χ2n) is 3.68. The Balaban J connectivity index is 2.59. The van der Waals surface area contributed by atoms with Gasteiger partial charge < -0.3 is 0 Å². The number of rotatable bonds is 2. The molecule has 0 spiro atoms. The van der Waals surface area contributed by atoms with Crippen LogP contribution in [-0.4, -0.2) is 6.29 Å². The maximum Gasteiger partial charge on any atom is 0.153 e. The molecule has 0 aromatic heterocycles. The number of carbonyl (C=O) groups is 1. The maximum absolute atomic E-state index is 13.5. The van der Waals surface area contributed by atoms with Crippen LogP contribution in [0.15, 0.2) is 42.5 Å². The van der Waals surface area contributed by atoms with Gasteiger partial charge in [-0.15, -0.1) is 0 Å². The molecule has 2 rings (SSSR count). The van der Waals surface area contributed by atoms with Crippen molar-refractivity contribution in [1.82, 2.24) is 0 Å². The average Bonchev–Trinajstić information content (AvgIpc) is 2.33. The molecule has 0 bridgehead atoms. The van der Waals surface area contributed by atoms with Crippen LogP contribution in [-0.2, 0) is 0 Å². The highest BCUT2D eigenvalue weighted by molar-refractivity contribution is 5.80. The Morgan fingerprint density at radius 1 is 1.06 bits per heavy atom. The quantitative estimate of drug-likeness (QED) is 0.698. The monoisotopic (exact) mass is 214 g/mol. The largest absolute Gasteiger partial charge is 0.298 e. The predicted octanol–water partition coefficient (Wildman–Crippen LogP) is 3.61. The molecule has 0 aliphatic carbocycles. The van der Waals surface area contributed by atoms with E-state index in [0.717, 1.165) is 11.1 Å². The average molecular weight is 214 g/mol. The topological polar surface area (TPSA) is 17.1 Å². The lowest BCUT2D eigenvalue weighted by molar-refractivity contribution is 0.111. The van der Waals surface area contributed by atoms with Gasteiger partial charge in [-0.25, -0.2) is 4.39 Å². The summed E-state index contributed by atoms with van der Waals surface area (Å²) >= 11 is 0. The second-order valence-corrected chi connectivity index (χ2v) is 3.68. The summed E-state index contributed by atoms with van der Waals surface area (Å²) in [6.07, 6.45) is 0.550. The maximum atomic E-state index is 13.5. The molecule has 0 atom stereocenters. The van der Waals surface area contributed by atoms with Gasteiger partial charge in [0, 0.05) is 0 Å². The van der Waals surface area contributed by atoms with Gasteiger partial charge in [0.05, 0.1) is 5.56 Å². The Kier molecular flexibility index (Phi) is 2.82. The van der Waals surface area contributed by atoms with Crippen LogP contribution in [0, 0.1) is 12.7 Å². The number of benzene rings is 2. The van der Waals surface area contributed by atoms with Gasteiger partial charge >= 0.3 is 0 Å². The SMILES string of the molecule is Cc1cc(-c2ccccc2)cc(C=O)c1F. The summed E-state index contributed by atoms with van der Waals surface area (Å²) in [5.74, 6) is -0.435. The van der Waals surface area contributed by atoms with Crippen LogP contribution in [0.25, 0.3) is 11.1 Å². The van der Waals surface area contributed by atoms with Gasteiger partial charge in [-0.2, -0.15) is 0 Å². The van der Waals surface area contributed by atoms with Crippen molar-refractivity contribution in [3.8, 4) is 11.1 Å². The molecule has 0 saturated heterocycles. The fraction of sp³-hybridized carbons (Fsp3) is 0.0714. The number of aryl methyl sites for hydroxylation is 1. The molecule has 2 aromatic carbocycles. The molecule has 0 amide bonds. The normalized spacial score (nSPS) is 10.1. The third-order valence-corrected chi connectivity index (χ3v) is 2.52. The number of carbonyl (C=O) groups excluding carboxylic acids is 1. The zero-order valence-electron chi connectivity index (χ0n) is 8.91. The zero-order valence-corrected chi connectivity index (χ0v) is 8.91. The first-order chi connectivity index (χ1) is 7.72. The molecule has 0 unspecified atom stereocenters. The first-order valence-electron chi connectivity index (χ1n) is 5.03. The molecule has 0 heterocycles. The first-order valence-corrected chi connectivity index (χ1v) is 5.03. The van der Waals surface area contributed by atoms with Crippen LogP contribution >= 0.6 is 0 Å². The third kappa shape index (κ3) is 1.87. The standard InChI is InChI=1S/C14H11FO/c1-10-7-12(8-13(9-16)14(10)15)11-5-3-2-4-6-11/h2-9H,1H3. The van der Waals surface area contributed by atoms with E-state index >= 15 is 0 Å². The summed E-state index contributed by atoms with van der Waals surface area (Å²) in [7, 11) is 0. The van der Waals surface area contributed by atoms with Gasteiger partial charge in [0.25, 0.3) is 0 Å². The summed E-state index contributed by atoms with van der Waals surface area (Å²) in [6.45, 7) is 1.66. The van der Waals surface area contributed by atoms with Crippen LogP contribution in [0.3, 0.4) is 0 Å². The minimum atomic E-state index is -0.435. The van der Waals surface area contributed by atoms with Crippen molar-refractivity contribution in [1.29, 1.82) is 0 Å². The highest BCUT2D eigenvalue weighted by atomic mass is 19.1. The van der Waals surface area contributed by atoms with Gasteiger partial charge in [0.2, 0.25) is 0 Å². The number of hydrogen-bond acceptors (Lipinski definition) is 1. The fourth-order valence-corrected chi connectivity index (χ4v) is 1.68. The van der Waals surface area contributed by atoms with Gasteiger partial charge in [0.15, 0.2) is 6.29 Å². The van der Waals surface area contributed by atoms with Crippen molar-refractivity contribution in [2.45, 2.75) is 6.92 Å². The Morgan fingerprint density at radius 2 is 1.75 bits per heavy atom. The Hall–Kier alpha value is -1.96. The van der Waals surface area contributed by atoms with Gasteiger partial charge in [-0.05, 0) is 35.7 Å². The molecule has 0 aliphatic heterocycles. The zero-order chi connectivity index (χ0) is 11.5. The van der Waals surface area contributed by atoms with Crippen LogP contribution in [0.1, 0.15) is 15.9 Å². The minimum absolute atomic E-state index is 0.110. The molecule has 0 fully saturated rings. The fourth-order valence-electron chi connectivity index (χ4n) is 1.68.